The second kappa shape index (κ2) is 12.4. The number of benzene rings is 4. The van der Waals surface area contributed by atoms with Crippen LogP contribution in [0.5, 0.6) is 5.75 Å². The summed E-state index contributed by atoms with van der Waals surface area (Å²) in [7, 11) is -2.58. The van der Waals surface area contributed by atoms with Crippen molar-refractivity contribution in [3.05, 3.63) is 113 Å². The van der Waals surface area contributed by atoms with E-state index in [1.807, 2.05) is 43.3 Å². The van der Waals surface area contributed by atoms with Crippen molar-refractivity contribution in [3.63, 3.8) is 0 Å². The van der Waals surface area contributed by atoms with Gasteiger partial charge in [0.25, 0.3) is 10.0 Å². The van der Waals surface area contributed by atoms with Gasteiger partial charge >= 0.3 is 0 Å². The van der Waals surface area contributed by atoms with Crippen LogP contribution in [0.15, 0.2) is 107 Å². The second-order valence-corrected chi connectivity index (χ2v) is 11.8. The summed E-state index contributed by atoms with van der Waals surface area (Å²) in [6.45, 7) is 1.48. The standard InChI is InChI=1S/C29H27ClN2O4S2/c1-21-17-22(20-37-26-9-4-3-5-10-26)11-16-28(21)31-29(33)19-32(24-8-6-7-23(30)18-24)38(34,35)27-14-12-25(36-2)13-15-27/h3-18H,19-20H2,1-2H3,(H,31,33). The summed E-state index contributed by atoms with van der Waals surface area (Å²) in [5.41, 5.74) is 2.92. The zero-order valence-corrected chi connectivity index (χ0v) is 23.3. The number of carbonyl (C=O) groups is 1. The van der Waals surface area contributed by atoms with E-state index in [4.69, 9.17) is 16.3 Å². The van der Waals surface area contributed by atoms with Crippen LogP contribution >= 0.6 is 23.4 Å². The number of anilines is 2. The second-order valence-electron chi connectivity index (χ2n) is 8.47. The molecule has 0 radical (unpaired) electrons. The number of thioether (sulfide) groups is 1. The molecule has 0 saturated heterocycles. The van der Waals surface area contributed by atoms with E-state index in [1.54, 1.807) is 42.1 Å². The molecule has 0 aliphatic carbocycles. The van der Waals surface area contributed by atoms with Crippen LogP contribution in [0.4, 0.5) is 11.4 Å². The number of amides is 1. The third kappa shape index (κ3) is 6.89. The van der Waals surface area contributed by atoms with Crippen molar-refractivity contribution in [2.75, 3.05) is 23.3 Å². The Bertz CT molecular complexity index is 1510. The molecule has 4 aromatic carbocycles. The number of nitrogens with one attached hydrogen (secondary N) is 1. The number of methoxy groups -OCH3 is 1. The fourth-order valence-electron chi connectivity index (χ4n) is 3.78. The lowest BCUT2D eigenvalue weighted by molar-refractivity contribution is -0.114. The van der Waals surface area contributed by atoms with Gasteiger partial charge in [-0.25, -0.2) is 8.42 Å². The number of rotatable bonds is 10. The molecular weight excluding hydrogens is 540 g/mol. The molecule has 0 aliphatic rings. The monoisotopic (exact) mass is 566 g/mol. The normalized spacial score (nSPS) is 11.1. The summed E-state index contributed by atoms with van der Waals surface area (Å²) in [6, 6.07) is 28.4. The number of aryl methyl sites for hydroxylation is 1. The quantitative estimate of drug-likeness (QED) is 0.214. The first-order valence-corrected chi connectivity index (χ1v) is 14.6. The van der Waals surface area contributed by atoms with E-state index >= 15 is 0 Å². The van der Waals surface area contributed by atoms with Gasteiger partial charge in [0.05, 0.1) is 17.7 Å². The van der Waals surface area contributed by atoms with Gasteiger partial charge in [-0.3, -0.25) is 9.10 Å². The largest absolute Gasteiger partial charge is 0.497 e. The first-order valence-electron chi connectivity index (χ1n) is 11.8. The molecule has 0 heterocycles. The van der Waals surface area contributed by atoms with Gasteiger partial charge in [-0.05, 0) is 78.7 Å². The van der Waals surface area contributed by atoms with Crippen molar-refractivity contribution in [1.29, 1.82) is 0 Å². The summed E-state index contributed by atoms with van der Waals surface area (Å²) < 4.78 is 33.4. The van der Waals surface area contributed by atoms with Gasteiger partial charge < -0.3 is 10.1 Å². The van der Waals surface area contributed by atoms with Crippen molar-refractivity contribution in [2.45, 2.75) is 22.5 Å². The Morgan fingerprint density at radius 1 is 0.947 bits per heavy atom. The maximum absolute atomic E-state index is 13.6. The summed E-state index contributed by atoms with van der Waals surface area (Å²) in [5, 5.41) is 3.22. The van der Waals surface area contributed by atoms with Gasteiger partial charge in [-0.2, -0.15) is 0 Å². The van der Waals surface area contributed by atoms with Crippen molar-refractivity contribution < 1.29 is 17.9 Å². The van der Waals surface area contributed by atoms with E-state index in [-0.39, 0.29) is 10.6 Å². The van der Waals surface area contributed by atoms with Gasteiger partial charge in [0.1, 0.15) is 12.3 Å². The minimum absolute atomic E-state index is 0.0301. The number of hydrogen-bond acceptors (Lipinski definition) is 5. The Hall–Kier alpha value is -3.46. The minimum atomic E-state index is -4.08. The lowest BCUT2D eigenvalue weighted by Gasteiger charge is -2.24. The van der Waals surface area contributed by atoms with E-state index in [0.717, 1.165) is 21.2 Å². The first-order chi connectivity index (χ1) is 18.3. The van der Waals surface area contributed by atoms with Crippen LogP contribution < -0.4 is 14.4 Å². The fraction of sp³-hybridized carbons (Fsp3) is 0.138. The highest BCUT2D eigenvalue weighted by Gasteiger charge is 2.27. The Labute approximate surface area is 232 Å². The van der Waals surface area contributed by atoms with Crippen LogP contribution in [-0.2, 0) is 20.6 Å². The summed E-state index contributed by atoms with van der Waals surface area (Å²) in [4.78, 5) is 14.3. The molecule has 0 atom stereocenters. The third-order valence-electron chi connectivity index (χ3n) is 5.74. The summed E-state index contributed by atoms with van der Waals surface area (Å²) >= 11 is 7.88. The molecule has 0 spiro atoms. The smallest absolute Gasteiger partial charge is 0.264 e. The maximum atomic E-state index is 13.6. The van der Waals surface area contributed by atoms with Crippen LogP contribution in [-0.4, -0.2) is 28.0 Å². The van der Waals surface area contributed by atoms with E-state index in [0.29, 0.717) is 16.5 Å². The molecule has 4 rings (SSSR count). The number of sulfonamides is 1. The van der Waals surface area contributed by atoms with Gasteiger partial charge in [-0.15, -0.1) is 11.8 Å². The molecule has 0 aromatic heterocycles. The molecule has 38 heavy (non-hydrogen) atoms. The van der Waals surface area contributed by atoms with Crippen molar-refractivity contribution >= 4 is 50.7 Å². The first kappa shape index (κ1) is 27.6. The fourth-order valence-corrected chi connectivity index (χ4v) is 6.24. The van der Waals surface area contributed by atoms with Crippen molar-refractivity contribution in [3.8, 4) is 5.75 Å². The highest BCUT2D eigenvalue weighted by molar-refractivity contribution is 7.98. The van der Waals surface area contributed by atoms with Crippen molar-refractivity contribution in [2.24, 2.45) is 0 Å². The molecular formula is C29H27ClN2O4S2. The summed E-state index contributed by atoms with van der Waals surface area (Å²) in [6.07, 6.45) is 0. The van der Waals surface area contributed by atoms with E-state index in [9.17, 15) is 13.2 Å². The average molecular weight is 567 g/mol. The Kier molecular flexibility index (Phi) is 8.99. The molecule has 6 nitrogen and oxygen atoms in total. The lowest BCUT2D eigenvalue weighted by atomic mass is 10.1. The molecule has 1 amide bonds. The summed E-state index contributed by atoms with van der Waals surface area (Å²) in [5.74, 6) is 0.843. The predicted molar refractivity (Wildman–Crippen MR) is 155 cm³/mol. The Morgan fingerprint density at radius 2 is 1.68 bits per heavy atom. The van der Waals surface area contributed by atoms with Gasteiger partial charge in [0.2, 0.25) is 5.91 Å². The van der Waals surface area contributed by atoms with E-state index < -0.39 is 22.5 Å². The Morgan fingerprint density at radius 3 is 2.34 bits per heavy atom. The SMILES string of the molecule is COc1ccc(S(=O)(=O)N(CC(=O)Nc2ccc(CSc3ccccc3)cc2C)c2cccc(Cl)c2)cc1. The van der Waals surface area contributed by atoms with Gasteiger partial charge in [-0.1, -0.05) is 48.0 Å². The molecule has 0 unspecified atom stereocenters. The topological polar surface area (TPSA) is 75.7 Å². The molecule has 9 heteroatoms. The highest BCUT2D eigenvalue weighted by atomic mass is 35.5. The predicted octanol–water partition coefficient (Wildman–Crippen LogP) is 6.78. The Balaban J connectivity index is 1.52. The van der Waals surface area contributed by atoms with Crippen LogP contribution in [0.2, 0.25) is 5.02 Å². The molecule has 0 aliphatic heterocycles. The number of carbonyl (C=O) groups excluding carboxylic acids is 1. The van der Waals surface area contributed by atoms with Gasteiger partial charge in [0, 0.05) is 21.4 Å². The third-order valence-corrected chi connectivity index (χ3v) is 8.85. The number of ether oxygens (including phenoxy) is 1. The number of hydrogen-bond donors (Lipinski definition) is 1. The van der Waals surface area contributed by atoms with E-state index in [1.165, 1.54) is 30.2 Å². The zero-order chi connectivity index (χ0) is 27.1. The molecule has 4 aromatic rings. The van der Waals surface area contributed by atoms with Crippen LogP contribution in [0.1, 0.15) is 11.1 Å². The molecule has 0 fully saturated rings. The molecule has 196 valence electrons. The number of nitrogens with zero attached hydrogens (tertiary/aromatic N) is 1. The maximum Gasteiger partial charge on any atom is 0.264 e. The van der Waals surface area contributed by atoms with Crippen LogP contribution in [0, 0.1) is 6.92 Å². The van der Waals surface area contributed by atoms with Gasteiger partial charge in [0.15, 0.2) is 0 Å². The zero-order valence-electron chi connectivity index (χ0n) is 20.9. The average Bonchev–Trinajstić information content (AvgIpc) is 2.92. The molecule has 0 saturated carbocycles. The van der Waals surface area contributed by atoms with Crippen LogP contribution in [0.25, 0.3) is 0 Å². The number of halogens is 1. The van der Waals surface area contributed by atoms with Crippen LogP contribution in [0.3, 0.4) is 0 Å². The molecule has 0 bridgehead atoms. The molecule has 1 N–H and O–H groups in total. The lowest BCUT2D eigenvalue weighted by Crippen LogP contribution is -2.38. The van der Waals surface area contributed by atoms with E-state index in [2.05, 4.69) is 17.4 Å². The highest BCUT2D eigenvalue weighted by Crippen LogP contribution is 2.28. The minimum Gasteiger partial charge on any atom is -0.497 e. The van der Waals surface area contributed by atoms with Crippen molar-refractivity contribution in [1.82, 2.24) is 0 Å².